The molecule has 0 bridgehead atoms. The predicted octanol–water partition coefficient (Wildman–Crippen LogP) is 3.76. The van der Waals surface area contributed by atoms with Gasteiger partial charge in [0.2, 0.25) is 5.91 Å². The molecule has 31 heavy (non-hydrogen) atoms. The van der Waals surface area contributed by atoms with Crippen molar-refractivity contribution >= 4 is 29.3 Å². The van der Waals surface area contributed by atoms with Crippen LogP contribution in [0.2, 0.25) is 0 Å². The number of para-hydroxylation sites is 1. The molecule has 0 aliphatic rings. The molecule has 3 N–H and O–H groups in total. The number of carbonyl (C=O) groups is 2. The Morgan fingerprint density at radius 1 is 0.968 bits per heavy atom. The van der Waals surface area contributed by atoms with E-state index in [1.165, 1.54) is 11.8 Å². The van der Waals surface area contributed by atoms with E-state index in [0.29, 0.717) is 22.7 Å². The summed E-state index contributed by atoms with van der Waals surface area (Å²) in [7, 11) is 0. The minimum atomic E-state index is -4.91. The minimum Gasteiger partial charge on any atom is -0.365 e. The molecule has 0 spiro atoms. The highest BCUT2D eigenvalue weighted by molar-refractivity contribution is 7.99. The fraction of sp³-hybridized carbons (Fsp3) is 0.0952. The fourth-order valence-electron chi connectivity index (χ4n) is 2.78. The molecule has 6 nitrogen and oxygen atoms in total. The maximum Gasteiger partial charge on any atom is 0.431 e. The molecule has 0 aliphatic carbocycles. The highest BCUT2D eigenvalue weighted by Crippen LogP contribution is 2.33. The smallest absolute Gasteiger partial charge is 0.365 e. The van der Waals surface area contributed by atoms with Gasteiger partial charge in [0.25, 0.3) is 11.5 Å². The van der Waals surface area contributed by atoms with E-state index in [1.54, 1.807) is 24.3 Å². The number of pyridine rings is 1. The van der Waals surface area contributed by atoms with Gasteiger partial charge in [-0.3, -0.25) is 19.0 Å². The number of nitrogens with zero attached hydrogens (tertiary/aromatic N) is 1. The first-order valence-electron chi connectivity index (χ1n) is 8.89. The number of aromatic nitrogens is 1. The lowest BCUT2D eigenvalue weighted by Crippen LogP contribution is -2.36. The average molecular weight is 447 g/mol. The Kier molecular flexibility index (Phi) is 6.50. The maximum atomic E-state index is 13.3. The molecule has 1 aromatic heterocycles. The third kappa shape index (κ3) is 5.34. The molecule has 10 heteroatoms. The van der Waals surface area contributed by atoms with Gasteiger partial charge in [-0.25, -0.2) is 0 Å². The van der Waals surface area contributed by atoms with Gasteiger partial charge >= 0.3 is 6.18 Å². The lowest BCUT2D eigenvalue weighted by molar-refractivity contribution is -0.144. The van der Waals surface area contributed by atoms with Crippen molar-refractivity contribution in [1.29, 1.82) is 0 Å². The molecule has 160 valence electrons. The van der Waals surface area contributed by atoms with Crippen LogP contribution in [-0.2, 0) is 17.5 Å². The van der Waals surface area contributed by atoms with Crippen LogP contribution in [0, 0.1) is 0 Å². The van der Waals surface area contributed by atoms with Gasteiger partial charge in [-0.1, -0.05) is 42.1 Å². The maximum absolute atomic E-state index is 13.3. The van der Waals surface area contributed by atoms with Crippen LogP contribution in [0.1, 0.15) is 16.1 Å². The molecule has 3 rings (SSSR count). The van der Waals surface area contributed by atoms with E-state index in [2.05, 4.69) is 5.32 Å². The number of halogens is 3. The van der Waals surface area contributed by atoms with Crippen molar-refractivity contribution in [1.82, 2.24) is 4.57 Å². The number of nitrogens with one attached hydrogen (secondary N) is 1. The van der Waals surface area contributed by atoms with E-state index in [1.807, 2.05) is 30.3 Å². The summed E-state index contributed by atoms with van der Waals surface area (Å²) >= 11 is 1.35. The second-order valence-corrected chi connectivity index (χ2v) is 7.46. The van der Waals surface area contributed by atoms with Crippen LogP contribution in [-0.4, -0.2) is 16.4 Å². The summed E-state index contributed by atoms with van der Waals surface area (Å²) in [5.74, 6) is -2.05. The molecular formula is C21H16F3N3O3S. The van der Waals surface area contributed by atoms with E-state index in [4.69, 9.17) is 5.73 Å². The van der Waals surface area contributed by atoms with Crippen LogP contribution in [0.15, 0.2) is 81.3 Å². The van der Waals surface area contributed by atoms with Crippen molar-refractivity contribution < 1.29 is 22.8 Å². The van der Waals surface area contributed by atoms with Crippen LogP contribution < -0.4 is 16.6 Å². The number of hydrogen-bond acceptors (Lipinski definition) is 4. The molecule has 1 heterocycles. The van der Waals surface area contributed by atoms with E-state index >= 15 is 0 Å². The van der Waals surface area contributed by atoms with Crippen LogP contribution in [0.25, 0.3) is 0 Å². The number of anilines is 1. The quantitative estimate of drug-likeness (QED) is 0.602. The van der Waals surface area contributed by atoms with Gasteiger partial charge in [0, 0.05) is 9.79 Å². The Morgan fingerprint density at radius 2 is 1.61 bits per heavy atom. The normalized spacial score (nSPS) is 11.2. The lowest BCUT2D eigenvalue weighted by Gasteiger charge is -2.16. The molecule has 3 aromatic rings. The lowest BCUT2D eigenvalue weighted by atomic mass is 10.2. The molecule has 0 radical (unpaired) electrons. The van der Waals surface area contributed by atoms with Crippen molar-refractivity contribution in [2.75, 3.05) is 5.32 Å². The summed E-state index contributed by atoms with van der Waals surface area (Å²) in [6.07, 6.45) is -4.91. The Hall–Kier alpha value is -3.53. The predicted molar refractivity (Wildman–Crippen MR) is 110 cm³/mol. The Balaban J connectivity index is 1.89. The van der Waals surface area contributed by atoms with Crippen molar-refractivity contribution in [2.45, 2.75) is 22.5 Å². The van der Waals surface area contributed by atoms with Gasteiger partial charge in [-0.15, -0.1) is 0 Å². The van der Waals surface area contributed by atoms with E-state index < -0.39 is 41.4 Å². The second-order valence-electron chi connectivity index (χ2n) is 6.35. The van der Waals surface area contributed by atoms with E-state index in [0.717, 1.165) is 4.90 Å². The van der Waals surface area contributed by atoms with Gasteiger partial charge in [-0.2, -0.15) is 13.2 Å². The number of carbonyl (C=O) groups excluding carboxylic acids is 2. The number of nitrogens with two attached hydrogens (primary N) is 1. The first kappa shape index (κ1) is 22.2. The van der Waals surface area contributed by atoms with Gasteiger partial charge in [0.1, 0.15) is 17.8 Å². The van der Waals surface area contributed by atoms with E-state index in [-0.39, 0.29) is 4.57 Å². The van der Waals surface area contributed by atoms with E-state index in [9.17, 15) is 27.6 Å². The molecule has 2 aromatic carbocycles. The summed E-state index contributed by atoms with van der Waals surface area (Å²) in [5.41, 5.74) is 2.14. The van der Waals surface area contributed by atoms with Crippen molar-refractivity contribution in [3.05, 3.63) is 88.3 Å². The van der Waals surface area contributed by atoms with Gasteiger partial charge in [0.05, 0.1) is 5.69 Å². The number of primary amides is 1. The zero-order chi connectivity index (χ0) is 22.6. The summed E-state index contributed by atoms with van der Waals surface area (Å²) < 4.78 is 40.2. The number of alkyl halides is 3. The Morgan fingerprint density at radius 3 is 2.26 bits per heavy atom. The summed E-state index contributed by atoms with van der Waals surface area (Å²) in [6, 6.07) is 17.3. The molecule has 0 saturated heterocycles. The largest absolute Gasteiger partial charge is 0.431 e. The highest BCUT2D eigenvalue weighted by atomic mass is 32.2. The highest BCUT2D eigenvalue weighted by Gasteiger charge is 2.35. The van der Waals surface area contributed by atoms with Crippen molar-refractivity contribution in [2.24, 2.45) is 5.73 Å². The monoisotopic (exact) mass is 447 g/mol. The van der Waals surface area contributed by atoms with Crippen LogP contribution in [0.4, 0.5) is 18.9 Å². The summed E-state index contributed by atoms with van der Waals surface area (Å²) in [6.45, 7) is -0.945. The molecule has 0 fully saturated rings. The van der Waals surface area contributed by atoms with Gasteiger partial charge in [0.15, 0.2) is 0 Å². The number of benzene rings is 2. The molecule has 0 unspecified atom stereocenters. The standard InChI is InChI=1S/C21H16F3N3O3S/c22-21(23,24)17-11-10-14(19(25)29)20(30)27(17)12-18(28)26-15-8-4-5-9-16(15)31-13-6-2-1-3-7-13/h1-11H,12H2,(H2,25,29)(H,26,28). The summed E-state index contributed by atoms with van der Waals surface area (Å²) in [5, 5.41) is 2.53. The Labute approximate surface area is 178 Å². The molecule has 0 atom stereocenters. The van der Waals surface area contributed by atoms with Crippen LogP contribution in [0.5, 0.6) is 0 Å². The molecule has 0 saturated carbocycles. The minimum absolute atomic E-state index is 0.197. The molecule has 2 amide bonds. The average Bonchev–Trinajstić information content (AvgIpc) is 2.70. The third-order valence-electron chi connectivity index (χ3n) is 4.16. The summed E-state index contributed by atoms with van der Waals surface area (Å²) in [4.78, 5) is 37.8. The fourth-order valence-corrected chi connectivity index (χ4v) is 3.70. The first-order chi connectivity index (χ1) is 14.7. The van der Waals surface area contributed by atoms with Crippen LogP contribution >= 0.6 is 11.8 Å². The SMILES string of the molecule is NC(=O)c1ccc(C(F)(F)F)n(CC(=O)Nc2ccccc2Sc2ccccc2)c1=O. The third-order valence-corrected chi connectivity index (χ3v) is 5.25. The zero-order valence-corrected chi connectivity index (χ0v) is 16.7. The first-order valence-corrected chi connectivity index (χ1v) is 9.71. The van der Waals surface area contributed by atoms with Gasteiger partial charge in [-0.05, 0) is 36.4 Å². The van der Waals surface area contributed by atoms with Crippen LogP contribution in [0.3, 0.4) is 0 Å². The number of rotatable bonds is 6. The molecule has 0 aliphatic heterocycles. The second kappa shape index (κ2) is 9.09. The Bertz CT molecular complexity index is 1180. The van der Waals surface area contributed by atoms with Crippen molar-refractivity contribution in [3.63, 3.8) is 0 Å². The number of amides is 2. The topological polar surface area (TPSA) is 94.2 Å². The number of hydrogen-bond donors (Lipinski definition) is 2. The zero-order valence-electron chi connectivity index (χ0n) is 15.8. The molecular weight excluding hydrogens is 431 g/mol. The van der Waals surface area contributed by atoms with Crippen molar-refractivity contribution in [3.8, 4) is 0 Å². The van der Waals surface area contributed by atoms with Gasteiger partial charge < -0.3 is 11.1 Å².